The molecular weight excluding hydrogens is 342 g/mol. The Labute approximate surface area is 150 Å². The first-order valence-corrected chi connectivity index (χ1v) is 9.04. The number of carbonyl (C=O) groups is 1. The molecule has 1 aliphatic carbocycles. The second kappa shape index (κ2) is 6.77. The molecule has 1 saturated heterocycles. The van der Waals surface area contributed by atoms with Crippen LogP contribution >= 0.6 is 11.6 Å². The summed E-state index contributed by atoms with van der Waals surface area (Å²) in [7, 11) is 0. The van der Waals surface area contributed by atoms with Gasteiger partial charge in [-0.2, -0.15) is 4.98 Å². The zero-order chi connectivity index (χ0) is 17.3. The van der Waals surface area contributed by atoms with Crippen molar-refractivity contribution < 1.29 is 14.1 Å². The molecule has 6 nitrogen and oxygen atoms in total. The minimum Gasteiger partial charge on any atom is -0.368 e. The Hall–Kier alpha value is -1.92. The van der Waals surface area contributed by atoms with Gasteiger partial charge in [0.25, 0.3) is 5.89 Å². The van der Waals surface area contributed by atoms with Crippen LogP contribution in [0.2, 0.25) is 5.02 Å². The monoisotopic (exact) mass is 361 g/mol. The summed E-state index contributed by atoms with van der Waals surface area (Å²) < 4.78 is 10.8. The predicted molar refractivity (Wildman–Crippen MR) is 91.3 cm³/mol. The van der Waals surface area contributed by atoms with E-state index in [1.165, 1.54) is 0 Å². The van der Waals surface area contributed by atoms with Gasteiger partial charge in [0.2, 0.25) is 5.91 Å². The molecule has 2 heterocycles. The molecule has 7 heteroatoms. The van der Waals surface area contributed by atoms with E-state index in [-0.39, 0.29) is 12.0 Å². The van der Waals surface area contributed by atoms with E-state index >= 15 is 0 Å². The lowest BCUT2D eigenvalue weighted by molar-refractivity contribution is -0.123. The first-order chi connectivity index (χ1) is 12.2. The molecule has 1 atom stereocenters. The van der Waals surface area contributed by atoms with Crippen molar-refractivity contribution in [1.82, 2.24) is 15.5 Å². The van der Waals surface area contributed by atoms with Gasteiger partial charge in [0.1, 0.15) is 6.10 Å². The normalized spacial score (nSPS) is 21.2. The Bertz CT molecular complexity index is 749. The van der Waals surface area contributed by atoms with Crippen LogP contribution in [0, 0.1) is 0 Å². The molecule has 0 unspecified atom stereocenters. The molecule has 25 heavy (non-hydrogen) atoms. The van der Waals surface area contributed by atoms with E-state index < -0.39 is 5.41 Å². The molecule has 0 radical (unpaired) electrons. The van der Waals surface area contributed by atoms with Gasteiger partial charge < -0.3 is 14.6 Å². The first-order valence-electron chi connectivity index (χ1n) is 8.66. The molecule has 2 fully saturated rings. The zero-order valence-electron chi connectivity index (χ0n) is 13.8. The number of nitrogens with one attached hydrogen (secondary N) is 1. The molecule has 1 N–H and O–H groups in total. The van der Waals surface area contributed by atoms with Crippen LogP contribution in [0.3, 0.4) is 0 Å². The number of rotatable bonds is 6. The molecular formula is C18H20ClN3O3. The lowest BCUT2D eigenvalue weighted by Gasteiger charge is -2.15. The summed E-state index contributed by atoms with van der Waals surface area (Å²) in [4.78, 5) is 17.0. The van der Waals surface area contributed by atoms with Gasteiger partial charge in [-0.25, -0.2) is 0 Å². The lowest BCUT2D eigenvalue weighted by atomic mass is 9.95. The summed E-state index contributed by atoms with van der Waals surface area (Å²) in [5, 5.41) is 7.65. The lowest BCUT2D eigenvalue weighted by Crippen LogP contribution is -2.36. The molecule has 1 saturated carbocycles. The van der Waals surface area contributed by atoms with Crippen LogP contribution in [0.15, 0.2) is 28.8 Å². The molecule has 1 amide bonds. The highest BCUT2D eigenvalue weighted by atomic mass is 35.5. The van der Waals surface area contributed by atoms with Gasteiger partial charge in [-0.15, -0.1) is 0 Å². The van der Waals surface area contributed by atoms with Gasteiger partial charge >= 0.3 is 0 Å². The van der Waals surface area contributed by atoms with Crippen LogP contribution in [-0.4, -0.2) is 29.2 Å². The highest BCUT2D eigenvalue weighted by Gasteiger charge is 2.50. The number of halogens is 1. The summed E-state index contributed by atoms with van der Waals surface area (Å²) in [5.41, 5.74) is 0.625. The number of ether oxygens (including phenoxy) is 1. The molecule has 1 aromatic heterocycles. The zero-order valence-corrected chi connectivity index (χ0v) is 14.6. The van der Waals surface area contributed by atoms with Crippen molar-refractivity contribution in [2.75, 3.05) is 13.2 Å². The van der Waals surface area contributed by atoms with Crippen molar-refractivity contribution in [3.8, 4) is 0 Å². The Morgan fingerprint density at radius 3 is 2.80 bits per heavy atom. The Balaban J connectivity index is 1.31. The summed E-state index contributed by atoms with van der Waals surface area (Å²) in [6, 6.07) is 7.52. The van der Waals surface area contributed by atoms with Gasteiger partial charge in [0.05, 0.1) is 5.41 Å². The minimum atomic E-state index is -0.398. The number of amides is 1. The number of hydrogen-bond donors (Lipinski definition) is 1. The summed E-state index contributed by atoms with van der Waals surface area (Å²) in [5.74, 6) is 1.19. The number of carbonyl (C=O) groups excluding carboxylic acids is 1. The van der Waals surface area contributed by atoms with Crippen LogP contribution in [0.1, 0.15) is 49.1 Å². The standard InChI is InChI=1S/C18H20ClN3O3/c19-13-5-3-12(4-6-13)18(8-9-18)17(23)20-10-7-15-21-16(25-22-15)14-2-1-11-24-14/h3-6,14H,1-2,7-11H2,(H,20,23)/t14-/m0/s1. The van der Waals surface area contributed by atoms with Crippen LogP contribution in [0.25, 0.3) is 0 Å². The SMILES string of the molecule is O=C(NCCc1noc([C@@H]2CCCO2)n1)C1(c2ccc(Cl)cc2)CC1. The van der Waals surface area contributed by atoms with Crippen LogP contribution in [0.4, 0.5) is 0 Å². The Morgan fingerprint density at radius 2 is 2.12 bits per heavy atom. The molecule has 0 spiro atoms. The molecule has 0 bridgehead atoms. The van der Waals surface area contributed by atoms with Gasteiger partial charge in [0.15, 0.2) is 5.82 Å². The third-order valence-electron chi connectivity index (χ3n) is 4.90. The number of nitrogens with zero attached hydrogens (tertiary/aromatic N) is 2. The number of aromatic nitrogens is 2. The van der Waals surface area contributed by atoms with E-state index in [9.17, 15) is 4.79 Å². The van der Waals surface area contributed by atoms with Crippen molar-refractivity contribution in [2.45, 2.75) is 43.6 Å². The van der Waals surface area contributed by atoms with E-state index in [1.807, 2.05) is 24.3 Å². The van der Waals surface area contributed by atoms with E-state index in [0.717, 1.165) is 37.9 Å². The number of hydrogen-bond acceptors (Lipinski definition) is 5. The maximum atomic E-state index is 12.6. The average molecular weight is 362 g/mol. The quantitative estimate of drug-likeness (QED) is 0.855. The second-order valence-corrected chi connectivity index (χ2v) is 7.08. The number of benzene rings is 1. The Kier molecular flexibility index (Phi) is 4.48. The molecule has 4 rings (SSSR count). The Morgan fingerprint density at radius 1 is 1.32 bits per heavy atom. The van der Waals surface area contributed by atoms with Crippen molar-refractivity contribution in [1.29, 1.82) is 0 Å². The smallest absolute Gasteiger partial charge is 0.255 e. The topological polar surface area (TPSA) is 77.2 Å². The van der Waals surface area contributed by atoms with Crippen molar-refractivity contribution in [2.24, 2.45) is 0 Å². The fourth-order valence-electron chi connectivity index (χ4n) is 3.27. The van der Waals surface area contributed by atoms with Crippen LogP contribution in [0.5, 0.6) is 0 Å². The van der Waals surface area contributed by atoms with Crippen molar-refractivity contribution in [3.63, 3.8) is 0 Å². The van der Waals surface area contributed by atoms with Crippen LogP contribution < -0.4 is 5.32 Å². The third-order valence-corrected chi connectivity index (χ3v) is 5.16. The van der Waals surface area contributed by atoms with Gasteiger partial charge in [0, 0.05) is 24.6 Å². The van der Waals surface area contributed by atoms with Gasteiger partial charge in [-0.1, -0.05) is 28.9 Å². The van der Waals surface area contributed by atoms with E-state index in [0.29, 0.717) is 29.7 Å². The van der Waals surface area contributed by atoms with E-state index in [4.69, 9.17) is 20.9 Å². The largest absolute Gasteiger partial charge is 0.368 e. The van der Waals surface area contributed by atoms with Gasteiger partial charge in [-0.05, 0) is 43.4 Å². The second-order valence-electron chi connectivity index (χ2n) is 6.65. The molecule has 1 aliphatic heterocycles. The minimum absolute atomic E-state index is 0.0534. The van der Waals surface area contributed by atoms with Crippen molar-refractivity contribution >= 4 is 17.5 Å². The summed E-state index contributed by atoms with van der Waals surface area (Å²) in [6.45, 7) is 1.23. The van der Waals surface area contributed by atoms with E-state index in [2.05, 4.69) is 15.5 Å². The average Bonchev–Trinajstić information content (AvgIpc) is 3.04. The fourth-order valence-corrected chi connectivity index (χ4v) is 3.40. The van der Waals surface area contributed by atoms with Crippen molar-refractivity contribution in [3.05, 3.63) is 46.6 Å². The maximum Gasteiger partial charge on any atom is 0.255 e. The molecule has 2 aromatic rings. The first kappa shape index (κ1) is 16.5. The fraction of sp³-hybridized carbons (Fsp3) is 0.500. The van der Waals surface area contributed by atoms with Crippen LogP contribution in [-0.2, 0) is 21.4 Å². The maximum absolute atomic E-state index is 12.6. The summed E-state index contributed by atoms with van der Waals surface area (Å²) >= 11 is 5.93. The van der Waals surface area contributed by atoms with Gasteiger partial charge in [-0.3, -0.25) is 4.79 Å². The molecule has 132 valence electrons. The predicted octanol–water partition coefficient (Wildman–Crippen LogP) is 2.97. The third kappa shape index (κ3) is 3.41. The molecule has 2 aliphatic rings. The molecule has 1 aromatic carbocycles. The highest BCUT2D eigenvalue weighted by Crippen LogP contribution is 2.48. The highest BCUT2D eigenvalue weighted by molar-refractivity contribution is 6.30. The summed E-state index contributed by atoms with van der Waals surface area (Å²) in [6.07, 6.45) is 4.14. The van der Waals surface area contributed by atoms with E-state index in [1.54, 1.807) is 0 Å².